The second-order valence-electron chi connectivity index (χ2n) is 5.70. The SMILES string of the molecule is Cc1ccc(C(C)NC(=O)C2Cc3ccccc3N2)cc1. The first-order valence-electron chi connectivity index (χ1n) is 7.35. The maximum atomic E-state index is 12.4. The Morgan fingerprint density at radius 3 is 2.62 bits per heavy atom. The van der Waals surface area contributed by atoms with Crippen molar-refractivity contribution in [2.24, 2.45) is 0 Å². The van der Waals surface area contributed by atoms with Gasteiger partial charge in [-0.2, -0.15) is 0 Å². The van der Waals surface area contributed by atoms with Gasteiger partial charge >= 0.3 is 0 Å². The van der Waals surface area contributed by atoms with Crippen LogP contribution in [0, 0.1) is 6.92 Å². The number of aryl methyl sites for hydroxylation is 1. The lowest BCUT2D eigenvalue weighted by atomic mass is 10.1. The molecule has 21 heavy (non-hydrogen) atoms. The normalized spacial score (nSPS) is 17.7. The molecular formula is C18H20N2O. The Morgan fingerprint density at radius 2 is 1.90 bits per heavy atom. The van der Waals surface area contributed by atoms with E-state index in [1.54, 1.807) is 0 Å². The summed E-state index contributed by atoms with van der Waals surface area (Å²) in [5.74, 6) is 0.0549. The molecule has 0 bridgehead atoms. The van der Waals surface area contributed by atoms with Crippen LogP contribution < -0.4 is 10.6 Å². The highest BCUT2D eigenvalue weighted by molar-refractivity contribution is 5.87. The summed E-state index contributed by atoms with van der Waals surface area (Å²) in [5, 5.41) is 6.38. The van der Waals surface area contributed by atoms with Gasteiger partial charge in [-0.15, -0.1) is 0 Å². The summed E-state index contributed by atoms with van der Waals surface area (Å²) >= 11 is 0. The molecule has 2 aromatic carbocycles. The molecule has 1 heterocycles. The van der Waals surface area contributed by atoms with Crippen LogP contribution in [0.3, 0.4) is 0 Å². The van der Waals surface area contributed by atoms with Crippen molar-refractivity contribution in [3.63, 3.8) is 0 Å². The van der Waals surface area contributed by atoms with Crippen LogP contribution in [0.1, 0.15) is 29.7 Å². The number of carbonyl (C=O) groups is 1. The molecule has 0 fully saturated rings. The van der Waals surface area contributed by atoms with Crippen LogP contribution in [0.4, 0.5) is 5.69 Å². The van der Waals surface area contributed by atoms with Gasteiger partial charge in [0, 0.05) is 12.1 Å². The first-order chi connectivity index (χ1) is 10.1. The van der Waals surface area contributed by atoms with Crippen LogP contribution in [0.15, 0.2) is 48.5 Å². The van der Waals surface area contributed by atoms with Crippen LogP contribution in [-0.4, -0.2) is 11.9 Å². The van der Waals surface area contributed by atoms with Gasteiger partial charge in [-0.05, 0) is 31.0 Å². The molecule has 0 spiro atoms. The van der Waals surface area contributed by atoms with Crippen LogP contribution in [0.25, 0.3) is 0 Å². The van der Waals surface area contributed by atoms with Crippen LogP contribution in [-0.2, 0) is 11.2 Å². The van der Waals surface area contributed by atoms with E-state index in [-0.39, 0.29) is 18.0 Å². The van der Waals surface area contributed by atoms with Gasteiger partial charge in [-0.1, -0.05) is 48.0 Å². The molecular weight excluding hydrogens is 260 g/mol. The molecule has 0 saturated carbocycles. The molecule has 3 rings (SSSR count). The van der Waals surface area contributed by atoms with E-state index in [9.17, 15) is 4.79 Å². The molecule has 1 aliphatic rings. The highest BCUT2D eigenvalue weighted by atomic mass is 16.2. The number of fused-ring (bicyclic) bond motifs is 1. The van der Waals surface area contributed by atoms with E-state index in [4.69, 9.17) is 0 Å². The molecule has 2 N–H and O–H groups in total. The van der Waals surface area contributed by atoms with E-state index in [1.165, 1.54) is 11.1 Å². The molecule has 0 aromatic heterocycles. The minimum atomic E-state index is -0.171. The summed E-state index contributed by atoms with van der Waals surface area (Å²) in [6.45, 7) is 4.08. The smallest absolute Gasteiger partial charge is 0.243 e. The number of carbonyl (C=O) groups excluding carboxylic acids is 1. The zero-order valence-electron chi connectivity index (χ0n) is 12.4. The van der Waals surface area contributed by atoms with Crippen molar-refractivity contribution in [1.82, 2.24) is 5.32 Å². The number of hydrogen-bond donors (Lipinski definition) is 2. The van der Waals surface area contributed by atoms with Crippen molar-refractivity contribution >= 4 is 11.6 Å². The predicted octanol–water partition coefficient (Wildman–Crippen LogP) is 3.21. The quantitative estimate of drug-likeness (QED) is 0.906. The molecule has 2 atom stereocenters. The van der Waals surface area contributed by atoms with E-state index in [0.717, 1.165) is 17.7 Å². The molecule has 3 heteroatoms. The summed E-state index contributed by atoms with van der Waals surface area (Å²) < 4.78 is 0. The van der Waals surface area contributed by atoms with E-state index < -0.39 is 0 Å². The summed E-state index contributed by atoms with van der Waals surface area (Å²) in [6, 6.07) is 16.2. The van der Waals surface area contributed by atoms with Gasteiger partial charge in [0.1, 0.15) is 6.04 Å². The Bertz CT molecular complexity index is 624. The van der Waals surface area contributed by atoms with Crippen molar-refractivity contribution in [2.45, 2.75) is 32.4 Å². The third-order valence-electron chi connectivity index (χ3n) is 4.02. The van der Waals surface area contributed by atoms with Gasteiger partial charge < -0.3 is 10.6 Å². The van der Waals surface area contributed by atoms with E-state index in [0.29, 0.717) is 0 Å². The monoisotopic (exact) mass is 280 g/mol. The average Bonchev–Trinajstić information content (AvgIpc) is 2.92. The number of nitrogens with one attached hydrogen (secondary N) is 2. The summed E-state index contributed by atoms with van der Waals surface area (Å²) in [5.41, 5.74) is 4.64. The number of anilines is 1. The van der Waals surface area contributed by atoms with Gasteiger partial charge in [-0.3, -0.25) is 4.79 Å². The maximum absolute atomic E-state index is 12.4. The number of hydrogen-bond acceptors (Lipinski definition) is 2. The lowest BCUT2D eigenvalue weighted by Gasteiger charge is -2.18. The average molecular weight is 280 g/mol. The fourth-order valence-corrected chi connectivity index (χ4v) is 2.71. The summed E-state index contributed by atoms with van der Waals surface area (Å²) in [6.07, 6.45) is 0.753. The Kier molecular flexibility index (Phi) is 3.65. The predicted molar refractivity (Wildman–Crippen MR) is 85.3 cm³/mol. The van der Waals surface area contributed by atoms with Crippen molar-refractivity contribution in [1.29, 1.82) is 0 Å². The van der Waals surface area contributed by atoms with Crippen molar-refractivity contribution < 1.29 is 4.79 Å². The minimum absolute atomic E-state index is 0.0172. The fourth-order valence-electron chi connectivity index (χ4n) is 2.71. The molecule has 0 saturated heterocycles. The van der Waals surface area contributed by atoms with Crippen LogP contribution in [0.5, 0.6) is 0 Å². The van der Waals surface area contributed by atoms with E-state index in [2.05, 4.69) is 47.9 Å². The molecule has 1 aliphatic heterocycles. The Morgan fingerprint density at radius 1 is 1.19 bits per heavy atom. The van der Waals surface area contributed by atoms with Gasteiger partial charge in [0.2, 0.25) is 5.91 Å². The van der Waals surface area contributed by atoms with Crippen molar-refractivity contribution in [2.75, 3.05) is 5.32 Å². The largest absolute Gasteiger partial charge is 0.373 e. The molecule has 0 radical (unpaired) electrons. The van der Waals surface area contributed by atoms with Crippen molar-refractivity contribution in [3.05, 3.63) is 65.2 Å². The molecule has 1 amide bonds. The lowest BCUT2D eigenvalue weighted by Crippen LogP contribution is -2.39. The van der Waals surface area contributed by atoms with Crippen LogP contribution in [0.2, 0.25) is 0 Å². The zero-order valence-corrected chi connectivity index (χ0v) is 12.4. The molecule has 3 nitrogen and oxygen atoms in total. The fraction of sp³-hybridized carbons (Fsp3) is 0.278. The maximum Gasteiger partial charge on any atom is 0.243 e. The second-order valence-corrected chi connectivity index (χ2v) is 5.70. The lowest BCUT2D eigenvalue weighted by molar-refractivity contribution is -0.122. The molecule has 108 valence electrons. The topological polar surface area (TPSA) is 41.1 Å². The minimum Gasteiger partial charge on any atom is -0.373 e. The number of amides is 1. The first kappa shape index (κ1) is 13.7. The summed E-state index contributed by atoms with van der Waals surface area (Å²) in [4.78, 5) is 12.4. The Hall–Kier alpha value is -2.29. The number of para-hydroxylation sites is 1. The standard InChI is InChI=1S/C18H20N2O/c1-12-7-9-14(10-8-12)13(2)19-18(21)17-11-15-5-3-4-6-16(15)20-17/h3-10,13,17,20H,11H2,1-2H3,(H,19,21). The summed E-state index contributed by atoms with van der Waals surface area (Å²) in [7, 11) is 0. The first-order valence-corrected chi connectivity index (χ1v) is 7.35. The number of benzene rings is 2. The Labute approximate surface area is 125 Å². The molecule has 0 aliphatic carbocycles. The van der Waals surface area contributed by atoms with Crippen LogP contribution >= 0.6 is 0 Å². The third kappa shape index (κ3) is 2.92. The molecule has 2 aromatic rings. The highest BCUT2D eigenvalue weighted by Gasteiger charge is 2.27. The highest BCUT2D eigenvalue weighted by Crippen LogP contribution is 2.25. The zero-order chi connectivity index (χ0) is 14.8. The van der Waals surface area contributed by atoms with Crippen molar-refractivity contribution in [3.8, 4) is 0 Å². The van der Waals surface area contributed by atoms with Gasteiger partial charge in [0.15, 0.2) is 0 Å². The van der Waals surface area contributed by atoms with Gasteiger partial charge in [0.05, 0.1) is 6.04 Å². The van der Waals surface area contributed by atoms with E-state index in [1.807, 2.05) is 25.1 Å². The second kappa shape index (κ2) is 5.60. The number of rotatable bonds is 3. The molecule has 2 unspecified atom stereocenters. The van der Waals surface area contributed by atoms with E-state index >= 15 is 0 Å². The third-order valence-corrected chi connectivity index (χ3v) is 4.02. The Balaban J connectivity index is 1.64. The van der Waals surface area contributed by atoms with Gasteiger partial charge in [-0.25, -0.2) is 0 Å². The van der Waals surface area contributed by atoms with Gasteiger partial charge in [0.25, 0.3) is 0 Å².